The molecule has 4 atom stereocenters. The van der Waals surface area contributed by atoms with Crippen LogP contribution in [0.4, 0.5) is 0 Å². The second-order valence-corrected chi connectivity index (χ2v) is 5.41. The smallest absolute Gasteiger partial charge is 0.217 e. The van der Waals surface area contributed by atoms with Gasteiger partial charge in [-0.1, -0.05) is 0 Å². The summed E-state index contributed by atoms with van der Waals surface area (Å²) in [6, 6.07) is -0.592. The first-order chi connectivity index (χ1) is 11.6. The molecule has 1 rings (SSSR count). The second-order valence-electron chi connectivity index (χ2n) is 5.41. The third-order valence-electron chi connectivity index (χ3n) is 3.42. The zero-order chi connectivity index (χ0) is 17.8. The van der Waals surface area contributed by atoms with Crippen molar-refractivity contribution in [1.29, 1.82) is 0 Å². The van der Waals surface area contributed by atoms with E-state index in [-0.39, 0.29) is 18.6 Å². The largest absolute Gasteiger partial charge is 0.394 e. The van der Waals surface area contributed by atoms with Crippen LogP contribution in [-0.2, 0) is 28.5 Å². The van der Waals surface area contributed by atoms with E-state index in [0.29, 0.717) is 46.1 Å². The standard InChI is InChI=1S/C15H29NO8/c1-11(18)16-14-13(19)9-12(24-15(14)20-2)10-23-8-7-22-6-5-21-4-3-17/h12-15,17,19H,3-10H2,1-2H3,(H,16,18)/t12-,13-,14+,15-/m0/s1. The Kier molecular flexibility index (Phi) is 11.1. The summed E-state index contributed by atoms with van der Waals surface area (Å²) in [5.41, 5.74) is 0. The molecule has 0 aliphatic carbocycles. The molecule has 0 aromatic carbocycles. The number of rotatable bonds is 12. The molecule has 1 aliphatic rings. The Morgan fingerprint density at radius 1 is 1.17 bits per heavy atom. The van der Waals surface area contributed by atoms with E-state index in [2.05, 4.69) is 5.32 Å². The van der Waals surface area contributed by atoms with E-state index in [9.17, 15) is 9.90 Å². The summed E-state index contributed by atoms with van der Waals surface area (Å²) in [4.78, 5) is 11.2. The van der Waals surface area contributed by atoms with Gasteiger partial charge in [-0.15, -0.1) is 0 Å². The highest BCUT2D eigenvalue weighted by Crippen LogP contribution is 2.21. The fourth-order valence-corrected chi connectivity index (χ4v) is 2.35. The molecule has 0 aromatic heterocycles. The first kappa shape index (κ1) is 21.2. The number of aliphatic hydroxyl groups is 2. The highest BCUT2D eigenvalue weighted by atomic mass is 16.7. The van der Waals surface area contributed by atoms with E-state index in [1.165, 1.54) is 14.0 Å². The van der Waals surface area contributed by atoms with Crippen molar-refractivity contribution in [3.8, 4) is 0 Å². The van der Waals surface area contributed by atoms with Crippen LogP contribution < -0.4 is 5.32 Å². The average Bonchev–Trinajstić information content (AvgIpc) is 2.55. The number of hydrogen-bond acceptors (Lipinski definition) is 8. The zero-order valence-electron chi connectivity index (χ0n) is 14.3. The van der Waals surface area contributed by atoms with Crippen LogP contribution in [0.1, 0.15) is 13.3 Å². The van der Waals surface area contributed by atoms with Gasteiger partial charge in [0.2, 0.25) is 5.91 Å². The van der Waals surface area contributed by atoms with E-state index in [4.69, 9.17) is 28.8 Å². The van der Waals surface area contributed by atoms with Crippen LogP contribution in [0.15, 0.2) is 0 Å². The number of aliphatic hydroxyl groups excluding tert-OH is 2. The number of hydrogen-bond donors (Lipinski definition) is 3. The highest BCUT2D eigenvalue weighted by Gasteiger charge is 2.38. The number of amides is 1. The van der Waals surface area contributed by atoms with Gasteiger partial charge in [0.05, 0.1) is 58.5 Å². The molecule has 0 radical (unpaired) electrons. The van der Waals surface area contributed by atoms with Crippen LogP contribution >= 0.6 is 0 Å². The highest BCUT2D eigenvalue weighted by molar-refractivity contribution is 5.73. The molecule has 0 aromatic rings. The zero-order valence-corrected chi connectivity index (χ0v) is 14.3. The molecule has 9 nitrogen and oxygen atoms in total. The molecule has 0 unspecified atom stereocenters. The molecule has 1 fully saturated rings. The van der Waals surface area contributed by atoms with Crippen molar-refractivity contribution in [2.45, 2.75) is 37.9 Å². The van der Waals surface area contributed by atoms with Gasteiger partial charge >= 0.3 is 0 Å². The van der Waals surface area contributed by atoms with Crippen LogP contribution in [0.5, 0.6) is 0 Å². The molecule has 0 spiro atoms. The summed E-state index contributed by atoms with van der Waals surface area (Å²) in [7, 11) is 1.46. The van der Waals surface area contributed by atoms with Crippen LogP contribution in [-0.4, -0.2) is 94.0 Å². The topological polar surface area (TPSA) is 116 Å². The Bertz CT molecular complexity index is 343. The maximum atomic E-state index is 11.2. The lowest BCUT2D eigenvalue weighted by molar-refractivity contribution is -0.230. The van der Waals surface area contributed by atoms with E-state index in [0.717, 1.165) is 0 Å². The lowest BCUT2D eigenvalue weighted by Crippen LogP contribution is -2.58. The fraction of sp³-hybridized carbons (Fsp3) is 0.933. The van der Waals surface area contributed by atoms with Crippen LogP contribution in [0.25, 0.3) is 0 Å². The summed E-state index contributed by atoms with van der Waals surface area (Å²) >= 11 is 0. The predicted octanol–water partition coefficient (Wildman–Crippen LogP) is -1.34. The Balaban J connectivity index is 2.15. The first-order valence-corrected chi connectivity index (χ1v) is 8.06. The third-order valence-corrected chi connectivity index (χ3v) is 3.42. The van der Waals surface area contributed by atoms with Crippen LogP contribution in [0, 0.1) is 0 Å². The van der Waals surface area contributed by atoms with E-state index in [1.807, 2.05) is 0 Å². The summed E-state index contributed by atoms with van der Waals surface area (Å²) in [6.07, 6.45) is -1.45. The van der Waals surface area contributed by atoms with E-state index >= 15 is 0 Å². The number of ether oxygens (including phenoxy) is 5. The number of carbonyl (C=O) groups is 1. The average molecular weight is 351 g/mol. The summed E-state index contributed by atoms with van der Waals surface area (Å²) < 4.78 is 26.7. The van der Waals surface area contributed by atoms with Crippen molar-refractivity contribution in [1.82, 2.24) is 5.32 Å². The van der Waals surface area contributed by atoms with Gasteiger partial charge in [-0.25, -0.2) is 0 Å². The molecule has 0 bridgehead atoms. The third kappa shape index (κ3) is 8.34. The molecular weight excluding hydrogens is 322 g/mol. The Morgan fingerprint density at radius 3 is 2.38 bits per heavy atom. The minimum Gasteiger partial charge on any atom is -0.394 e. The lowest BCUT2D eigenvalue weighted by atomic mass is 10.0. The molecule has 1 heterocycles. The van der Waals surface area contributed by atoms with E-state index in [1.54, 1.807) is 0 Å². The molecule has 24 heavy (non-hydrogen) atoms. The van der Waals surface area contributed by atoms with Gasteiger partial charge in [0.1, 0.15) is 6.04 Å². The monoisotopic (exact) mass is 351 g/mol. The van der Waals surface area contributed by atoms with Gasteiger partial charge in [0, 0.05) is 20.5 Å². The molecule has 1 aliphatic heterocycles. The van der Waals surface area contributed by atoms with Gasteiger partial charge in [0.15, 0.2) is 6.29 Å². The minimum absolute atomic E-state index is 0.00160. The predicted molar refractivity (Wildman–Crippen MR) is 83.4 cm³/mol. The van der Waals surface area contributed by atoms with Crippen molar-refractivity contribution >= 4 is 5.91 Å². The Morgan fingerprint density at radius 2 is 1.79 bits per heavy atom. The van der Waals surface area contributed by atoms with Gasteiger partial charge in [0.25, 0.3) is 0 Å². The van der Waals surface area contributed by atoms with Crippen molar-refractivity contribution in [3.05, 3.63) is 0 Å². The van der Waals surface area contributed by atoms with Crippen LogP contribution in [0.3, 0.4) is 0 Å². The van der Waals surface area contributed by atoms with Crippen molar-refractivity contribution < 1.29 is 38.7 Å². The summed E-state index contributed by atoms with van der Waals surface area (Å²) in [6.45, 7) is 3.66. The van der Waals surface area contributed by atoms with Gasteiger partial charge in [-0.3, -0.25) is 4.79 Å². The fourth-order valence-electron chi connectivity index (χ4n) is 2.35. The molecule has 0 saturated carbocycles. The molecule has 1 amide bonds. The van der Waals surface area contributed by atoms with Crippen molar-refractivity contribution in [2.24, 2.45) is 0 Å². The molecular formula is C15H29NO8. The SMILES string of the molecule is CO[C@H]1O[C@H](COCCOCCOCCO)C[C@H](O)[C@H]1NC(C)=O. The number of nitrogens with one attached hydrogen (secondary N) is 1. The van der Waals surface area contributed by atoms with Gasteiger partial charge < -0.3 is 39.2 Å². The van der Waals surface area contributed by atoms with Gasteiger partial charge in [-0.2, -0.15) is 0 Å². The number of carbonyl (C=O) groups excluding carboxylic acids is 1. The number of methoxy groups -OCH3 is 1. The normalized spacial score (nSPS) is 27.2. The minimum atomic E-state index is -0.763. The molecule has 9 heteroatoms. The van der Waals surface area contributed by atoms with E-state index < -0.39 is 18.4 Å². The van der Waals surface area contributed by atoms with Crippen molar-refractivity contribution in [2.75, 3.05) is 53.4 Å². The maximum absolute atomic E-state index is 11.2. The van der Waals surface area contributed by atoms with Gasteiger partial charge in [-0.05, 0) is 0 Å². The Labute approximate surface area is 142 Å². The maximum Gasteiger partial charge on any atom is 0.217 e. The lowest BCUT2D eigenvalue weighted by Gasteiger charge is -2.38. The quantitative estimate of drug-likeness (QED) is 0.370. The molecule has 1 saturated heterocycles. The second kappa shape index (κ2) is 12.5. The summed E-state index contributed by atoms with van der Waals surface area (Å²) in [5, 5.41) is 21.3. The van der Waals surface area contributed by atoms with Crippen molar-refractivity contribution in [3.63, 3.8) is 0 Å². The molecule has 142 valence electrons. The Hall–Kier alpha value is -0.810. The first-order valence-electron chi connectivity index (χ1n) is 8.06. The molecule has 3 N–H and O–H groups in total. The van der Waals surface area contributed by atoms with Crippen LogP contribution in [0.2, 0.25) is 0 Å². The summed E-state index contributed by atoms with van der Waals surface area (Å²) in [5.74, 6) is -0.250.